The van der Waals surface area contributed by atoms with E-state index in [9.17, 15) is 4.79 Å². The van der Waals surface area contributed by atoms with Gasteiger partial charge in [0.15, 0.2) is 0 Å². The predicted octanol–water partition coefficient (Wildman–Crippen LogP) is 5.58. The molecule has 0 unspecified atom stereocenters. The van der Waals surface area contributed by atoms with Gasteiger partial charge >= 0.3 is 0 Å². The van der Waals surface area contributed by atoms with Crippen molar-refractivity contribution >= 4 is 17.3 Å². The van der Waals surface area contributed by atoms with Crippen LogP contribution in [0.3, 0.4) is 0 Å². The number of amides is 1. The Morgan fingerprint density at radius 2 is 1.41 bits per heavy atom. The molecule has 3 aromatic carbocycles. The molecule has 1 amide bonds. The van der Waals surface area contributed by atoms with E-state index in [2.05, 4.69) is 55.6 Å². The summed E-state index contributed by atoms with van der Waals surface area (Å²) in [6.45, 7) is 4.28. The van der Waals surface area contributed by atoms with Crippen molar-refractivity contribution in [3.05, 3.63) is 95.1 Å². The molecule has 1 N–H and O–H groups in total. The van der Waals surface area contributed by atoms with Gasteiger partial charge in [-0.05, 0) is 53.8 Å². The summed E-state index contributed by atoms with van der Waals surface area (Å²) in [6, 6.07) is 24.5. The molecule has 0 saturated carbocycles. The molecule has 1 aliphatic heterocycles. The van der Waals surface area contributed by atoms with Crippen LogP contribution in [0.25, 0.3) is 0 Å². The van der Waals surface area contributed by atoms with Gasteiger partial charge in [0.1, 0.15) is 6.17 Å². The van der Waals surface area contributed by atoms with Gasteiger partial charge in [-0.2, -0.15) is 0 Å². The number of carbonyl (C=O) groups is 1. The molecule has 3 nitrogen and oxygen atoms in total. The second-order valence-corrected chi connectivity index (χ2v) is 6.88. The number of nitrogens with zero attached hydrogens (tertiary/aromatic N) is 1. The average Bonchev–Trinajstić information content (AvgIpc) is 2.74. The van der Waals surface area contributed by atoms with E-state index in [1.165, 1.54) is 11.1 Å². The summed E-state index contributed by atoms with van der Waals surface area (Å²) in [6.07, 6.45) is 1.75. The highest BCUT2D eigenvalue weighted by molar-refractivity contribution is 6.12. The Morgan fingerprint density at radius 1 is 0.815 bits per heavy atom. The highest BCUT2D eigenvalue weighted by atomic mass is 16.2. The van der Waals surface area contributed by atoms with Crippen LogP contribution < -0.4 is 10.2 Å². The van der Waals surface area contributed by atoms with Crippen molar-refractivity contribution in [2.75, 3.05) is 10.2 Å². The zero-order valence-electron chi connectivity index (χ0n) is 15.8. The summed E-state index contributed by atoms with van der Waals surface area (Å²) in [4.78, 5) is 15.2. The standard InChI is InChI=1S/C24H24N2O/c1-3-17-9-13-19(14-10-17)23-25-22-8-6-5-7-21(22)24(27)26(23)20-15-11-18(4-2)12-16-20/h5-16,23,25H,3-4H2,1-2H3/t23-/m0/s1. The molecule has 0 fully saturated rings. The zero-order chi connectivity index (χ0) is 18.8. The lowest BCUT2D eigenvalue weighted by molar-refractivity contribution is 0.0975. The number of anilines is 2. The summed E-state index contributed by atoms with van der Waals surface area (Å²) < 4.78 is 0. The molecular weight excluding hydrogens is 332 g/mol. The second-order valence-electron chi connectivity index (χ2n) is 6.88. The number of benzene rings is 3. The number of rotatable bonds is 4. The summed E-state index contributed by atoms with van der Waals surface area (Å²) in [5, 5.41) is 3.56. The van der Waals surface area contributed by atoms with Crippen LogP contribution >= 0.6 is 0 Å². The Hall–Kier alpha value is -3.07. The normalized spacial score (nSPS) is 16.0. The quantitative estimate of drug-likeness (QED) is 0.661. The highest BCUT2D eigenvalue weighted by Crippen LogP contribution is 2.36. The van der Waals surface area contributed by atoms with Crippen molar-refractivity contribution in [1.29, 1.82) is 0 Å². The van der Waals surface area contributed by atoms with Crippen molar-refractivity contribution in [2.24, 2.45) is 0 Å². The molecule has 1 aliphatic rings. The maximum absolute atomic E-state index is 13.4. The second kappa shape index (κ2) is 7.28. The van der Waals surface area contributed by atoms with E-state index < -0.39 is 0 Å². The Bertz CT molecular complexity index is 945. The lowest BCUT2D eigenvalue weighted by Gasteiger charge is -2.38. The first-order valence-corrected chi connectivity index (χ1v) is 9.58. The Labute approximate surface area is 160 Å². The van der Waals surface area contributed by atoms with Gasteiger partial charge in [-0.1, -0.05) is 62.4 Å². The summed E-state index contributed by atoms with van der Waals surface area (Å²) >= 11 is 0. The molecule has 4 rings (SSSR count). The third-order valence-corrected chi connectivity index (χ3v) is 5.25. The number of hydrogen-bond acceptors (Lipinski definition) is 2. The molecular formula is C24H24N2O. The van der Waals surface area contributed by atoms with E-state index in [1.54, 1.807) is 0 Å². The molecule has 0 bridgehead atoms. The minimum absolute atomic E-state index is 0.0261. The summed E-state index contributed by atoms with van der Waals surface area (Å²) in [7, 11) is 0. The Balaban J connectivity index is 1.80. The summed E-state index contributed by atoms with van der Waals surface area (Å²) in [5.41, 5.74) is 6.13. The van der Waals surface area contributed by atoms with Crippen molar-refractivity contribution in [3.63, 3.8) is 0 Å². The molecule has 3 heteroatoms. The van der Waals surface area contributed by atoms with Gasteiger partial charge in [-0.15, -0.1) is 0 Å². The Morgan fingerprint density at radius 3 is 2.04 bits per heavy atom. The fourth-order valence-electron chi connectivity index (χ4n) is 3.58. The maximum Gasteiger partial charge on any atom is 0.262 e. The fourth-order valence-corrected chi connectivity index (χ4v) is 3.58. The monoisotopic (exact) mass is 356 g/mol. The Kier molecular flexibility index (Phi) is 4.68. The lowest BCUT2D eigenvalue weighted by atomic mass is 10.0. The van der Waals surface area contributed by atoms with Crippen LogP contribution in [-0.4, -0.2) is 5.91 Å². The van der Waals surface area contributed by atoms with Gasteiger partial charge in [0.2, 0.25) is 0 Å². The highest BCUT2D eigenvalue weighted by Gasteiger charge is 2.33. The van der Waals surface area contributed by atoms with E-state index in [-0.39, 0.29) is 12.1 Å². The third-order valence-electron chi connectivity index (χ3n) is 5.25. The number of fused-ring (bicyclic) bond motifs is 1. The van der Waals surface area contributed by atoms with Crippen molar-refractivity contribution in [1.82, 2.24) is 0 Å². The molecule has 1 heterocycles. The first kappa shape index (κ1) is 17.3. The van der Waals surface area contributed by atoms with Crippen LogP contribution in [0.2, 0.25) is 0 Å². The van der Waals surface area contributed by atoms with Crippen LogP contribution in [-0.2, 0) is 12.8 Å². The summed E-state index contributed by atoms with van der Waals surface area (Å²) in [5.74, 6) is 0.0261. The first-order valence-electron chi connectivity index (χ1n) is 9.58. The first-order chi connectivity index (χ1) is 13.2. The van der Waals surface area contributed by atoms with Gasteiger partial charge < -0.3 is 5.32 Å². The van der Waals surface area contributed by atoms with Crippen LogP contribution in [0.5, 0.6) is 0 Å². The maximum atomic E-state index is 13.4. The largest absolute Gasteiger partial charge is 0.360 e. The third kappa shape index (κ3) is 3.21. The average molecular weight is 356 g/mol. The van der Waals surface area contributed by atoms with E-state index >= 15 is 0 Å². The lowest BCUT2D eigenvalue weighted by Crippen LogP contribution is -2.43. The van der Waals surface area contributed by atoms with Gasteiger partial charge in [0, 0.05) is 11.4 Å². The van der Waals surface area contributed by atoms with Crippen molar-refractivity contribution < 1.29 is 4.79 Å². The fraction of sp³-hybridized carbons (Fsp3) is 0.208. The SMILES string of the molecule is CCc1ccc([C@H]2Nc3ccccc3C(=O)N2c2ccc(CC)cc2)cc1. The molecule has 0 radical (unpaired) electrons. The van der Waals surface area contributed by atoms with E-state index in [0.29, 0.717) is 5.56 Å². The van der Waals surface area contributed by atoms with Crippen LogP contribution in [0.4, 0.5) is 11.4 Å². The molecule has 27 heavy (non-hydrogen) atoms. The number of nitrogens with one attached hydrogen (secondary N) is 1. The van der Waals surface area contributed by atoms with Gasteiger partial charge in [0.05, 0.1) is 5.56 Å². The van der Waals surface area contributed by atoms with Crippen LogP contribution in [0, 0.1) is 0 Å². The molecule has 0 aliphatic carbocycles. The topological polar surface area (TPSA) is 32.3 Å². The van der Waals surface area contributed by atoms with Crippen LogP contribution in [0.15, 0.2) is 72.8 Å². The molecule has 136 valence electrons. The van der Waals surface area contributed by atoms with E-state index in [0.717, 1.165) is 29.8 Å². The van der Waals surface area contributed by atoms with Crippen molar-refractivity contribution in [2.45, 2.75) is 32.9 Å². The molecule has 1 atom stereocenters. The minimum Gasteiger partial charge on any atom is -0.360 e. The number of hydrogen-bond donors (Lipinski definition) is 1. The minimum atomic E-state index is -0.231. The van der Waals surface area contributed by atoms with Gasteiger partial charge in [-0.25, -0.2) is 0 Å². The predicted molar refractivity (Wildman–Crippen MR) is 111 cm³/mol. The molecule has 0 spiro atoms. The van der Waals surface area contributed by atoms with Gasteiger partial charge in [0.25, 0.3) is 5.91 Å². The smallest absolute Gasteiger partial charge is 0.262 e. The zero-order valence-corrected chi connectivity index (χ0v) is 15.8. The number of aryl methyl sites for hydroxylation is 2. The van der Waals surface area contributed by atoms with E-state index in [1.807, 2.05) is 41.3 Å². The molecule has 0 saturated heterocycles. The van der Waals surface area contributed by atoms with E-state index in [4.69, 9.17) is 0 Å². The number of carbonyl (C=O) groups excluding carboxylic acids is 1. The van der Waals surface area contributed by atoms with Gasteiger partial charge in [-0.3, -0.25) is 9.69 Å². The molecule has 3 aromatic rings. The molecule has 0 aromatic heterocycles. The van der Waals surface area contributed by atoms with Crippen LogP contribution in [0.1, 0.15) is 47.1 Å². The van der Waals surface area contributed by atoms with Crippen molar-refractivity contribution in [3.8, 4) is 0 Å². The number of para-hydroxylation sites is 1.